The molecule has 2 amide bonds. The number of anilines is 1. The smallest absolute Gasteiger partial charge is 0.416 e. The first-order valence-electron chi connectivity index (χ1n) is 9.60. The van der Waals surface area contributed by atoms with Gasteiger partial charge < -0.3 is 9.30 Å². The first kappa shape index (κ1) is 22.3. The fraction of sp³-hybridized carbons (Fsp3) is 0.0870. The molecule has 0 unspecified atom stereocenters. The molecule has 0 saturated carbocycles. The molecule has 168 valence electrons. The van der Waals surface area contributed by atoms with Gasteiger partial charge in [-0.1, -0.05) is 18.2 Å². The average molecular weight is 471 g/mol. The molecular weight excluding hydrogens is 455 g/mol. The number of hydrogen-bond donors (Lipinski definition) is 1. The van der Waals surface area contributed by atoms with Gasteiger partial charge in [0.05, 0.1) is 18.4 Å². The van der Waals surface area contributed by atoms with Gasteiger partial charge in [-0.05, 0) is 60.8 Å². The third kappa shape index (κ3) is 4.24. The molecule has 0 atom stereocenters. The fourth-order valence-electron chi connectivity index (χ4n) is 3.42. The number of halogens is 3. The lowest BCUT2D eigenvalue weighted by Crippen LogP contribution is -2.54. The Morgan fingerprint density at radius 1 is 1.03 bits per heavy atom. The lowest BCUT2D eigenvalue weighted by atomic mass is 10.1. The number of rotatable bonds is 4. The Morgan fingerprint density at radius 3 is 2.52 bits per heavy atom. The molecule has 2 heterocycles. The lowest BCUT2D eigenvalue weighted by molar-refractivity contribution is -0.137. The molecule has 10 heteroatoms. The first-order chi connectivity index (χ1) is 15.7. The van der Waals surface area contributed by atoms with E-state index in [9.17, 15) is 22.8 Å². The van der Waals surface area contributed by atoms with Crippen molar-refractivity contribution in [1.82, 2.24) is 9.88 Å². The normalized spacial score (nSPS) is 15.7. The minimum atomic E-state index is -4.51. The maximum absolute atomic E-state index is 13.3. The predicted octanol–water partition coefficient (Wildman–Crippen LogP) is 4.34. The molecule has 6 nitrogen and oxygen atoms in total. The Bertz CT molecular complexity index is 1300. The van der Waals surface area contributed by atoms with Crippen molar-refractivity contribution in [2.75, 3.05) is 12.0 Å². The maximum atomic E-state index is 13.3. The van der Waals surface area contributed by atoms with Gasteiger partial charge in [0.25, 0.3) is 11.8 Å². The quantitative estimate of drug-likeness (QED) is 0.350. The van der Waals surface area contributed by atoms with Crippen LogP contribution < -0.4 is 15.0 Å². The molecule has 1 aliphatic rings. The molecule has 0 bridgehead atoms. The standard InChI is InChI=1S/C23H16F3N3O3S/c1-32-19-10-3-2-9-18(19)29-21(31)17(20(30)27-22(29)33)13-16-8-5-11-28(16)15-7-4-6-14(12-15)23(24,25)26/h2-13H,1H3,(H,27,30,33)/b17-13+. The summed E-state index contributed by atoms with van der Waals surface area (Å²) in [6.07, 6.45) is -1.66. The van der Waals surface area contributed by atoms with Crippen LogP contribution in [0.5, 0.6) is 5.75 Å². The summed E-state index contributed by atoms with van der Waals surface area (Å²) in [5.74, 6) is -1.03. The van der Waals surface area contributed by atoms with E-state index in [4.69, 9.17) is 17.0 Å². The Balaban J connectivity index is 1.76. The summed E-state index contributed by atoms with van der Waals surface area (Å²) in [4.78, 5) is 27.0. The van der Waals surface area contributed by atoms with Gasteiger partial charge in [-0.25, -0.2) is 4.90 Å². The summed E-state index contributed by atoms with van der Waals surface area (Å²) in [7, 11) is 1.44. The maximum Gasteiger partial charge on any atom is 0.416 e. The van der Waals surface area contributed by atoms with Crippen LogP contribution in [-0.4, -0.2) is 28.6 Å². The van der Waals surface area contributed by atoms with E-state index in [1.807, 2.05) is 0 Å². The summed E-state index contributed by atoms with van der Waals surface area (Å²) in [6, 6.07) is 14.6. The number of ether oxygens (including phenoxy) is 1. The number of para-hydroxylation sites is 2. The molecule has 2 aromatic carbocycles. The van der Waals surface area contributed by atoms with Crippen molar-refractivity contribution < 1.29 is 27.5 Å². The van der Waals surface area contributed by atoms with Crippen molar-refractivity contribution in [1.29, 1.82) is 0 Å². The van der Waals surface area contributed by atoms with Crippen LogP contribution >= 0.6 is 12.2 Å². The summed E-state index contributed by atoms with van der Waals surface area (Å²) in [6.45, 7) is 0. The van der Waals surface area contributed by atoms with Crippen molar-refractivity contribution in [3.63, 3.8) is 0 Å². The van der Waals surface area contributed by atoms with E-state index in [1.165, 1.54) is 36.1 Å². The third-order valence-electron chi connectivity index (χ3n) is 4.95. The van der Waals surface area contributed by atoms with Crippen molar-refractivity contribution in [2.45, 2.75) is 6.18 Å². The van der Waals surface area contributed by atoms with Crippen molar-refractivity contribution in [3.05, 3.63) is 83.7 Å². The number of carbonyl (C=O) groups excluding carboxylic acids is 2. The molecule has 1 saturated heterocycles. The topological polar surface area (TPSA) is 63.6 Å². The van der Waals surface area contributed by atoms with E-state index in [-0.39, 0.29) is 16.4 Å². The van der Waals surface area contributed by atoms with Gasteiger partial charge in [0.2, 0.25) is 0 Å². The van der Waals surface area contributed by atoms with Gasteiger partial charge in [-0.3, -0.25) is 14.9 Å². The van der Waals surface area contributed by atoms with Gasteiger partial charge in [0.1, 0.15) is 11.3 Å². The van der Waals surface area contributed by atoms with Crippen LogP contribution in [0.3, 0.4) is 0 Å². The second-order valence-corrected chi connectivity index (χ2v) is 7.37. The van der Waals surface area contributed by atoms with Crippen molar-refractivity contribution in [2.24, 2.45) is 0 Å². The summed E-state index contributed by atoms with van der Waals surface area (Å²) in [5.41, 5.74) is -0.148. The van der Waals surface area contributed by atoms with Crippen molar-refractivity contribution in [3.8, 4) is 11.4 Å². The number of alkyl halides is 3. The van der Waals surface area contributed by atoms with Crippen LogP contribution in [0.4, 0.5) is 18.9 Å². The highest BCUT2D eigenvalue weighted by Crippen LogP contribution is 2.32. The molecule has 1 aliphatic heterocycles. The minimum Gasteiger partial charge on any atom is -0.495 e. The Kier molecular flexibility index (Phi) is 5.77. The highest BCUT2D eigenvalue weighted by Gasteiger charge is 2.36. The molecular formula is C23H16F3N3O3S. The summed E-state index contributed by atoms with van der Waals surface area (Å²) < 4.78 is 46.2. The highest BCUT2D eigenvalue weighted by molar-refractivity contribution is 7.80. The molecule has 3 aromatic rings. The average Bonchev–Trinajstić information content (AvgIpc) is 3.25. The van der Waals surface area contributed by atoms with E-state index in [2.05, 4.69) is 5.32 Å². The Labute approximate surface area is 191 Å². The highest BCUT2D eigenvalue weighted by atomic mass is 32.1. The molecule has 33 heavy (non-hydrogen) atoms. The van der Waals surface area contributed by atoms with Gasteiger partial charge in [-0.2, -0.15) is 13.2 Å². The number of nitrogens with zero attached hydrogens (tertiary/aromatic N) is 2. The lowest BCUT2D eigenvalue weighted by Gasteiger charge is -2.29. The zero-order valence-electron chi connectivity index (χ0n) is 17.1. The fourth-order valence-corrected chi connectivity index (χ4v) is 3.69. The second kappa shape index (κ2) is 8.55. The van der Waals surface area contributed by atoms with Crippen molar-refractivity contribution >= 4 is 40.9 Å². The molecule has 1 fully saturated rings. The number of amides is 2. The van der Waals surface area contributed by atoms with Gasteiger partial charge in [-0.15, -0.1) is 0 Å². The predicted molar refractivity (Wildman–Crippen MR) is 120 cm³/mol. The second-order valence-electron chi connectivity index (χ2n) is 6.98. The van der Waals surface area contributed by atoms with Crippen LogP contribution in [-0.2, 0) is 15.8 Å². The zero-order valence-corrected chi connectivity index (χ0v) is 17.9. The zero-order chi connectivity index (χ0) is 23.8. The van der Waals surface area contributed by atoms with Gasteiger partial charge in [0, 0.05) is 17.6 Å². The Morgan fingerprint density at radius 2 is 1.79 bits per heavy atom. The number of hydrogen-bond acceptors (Lipinski definition) is 4. The number of nitrogens with one attached hydrogen (secondary N) is 1. The number of thiocarbonyl (C=S) groups is 1. The van der Waals surface area contributed by atoms with E-state index in [0.29, 0.717) is 17.1 Å². The van der Waals surface area contributed by atoms with Crippen LogP contribution in [0.25, 0.3) is 11.8 Å². The van der Waals surface area contributed by atoms with Gasteiger partial charge in [0.15, 0.2) is 5.11 Å². The van der Waals surface area contributed by atoms with Crippen LogP contribution in [0.2, 0.25) is 0 Å². The number of methoxy groups -OCH3 is 1. The minimum absolute atomic E-state index is 0.111. The molecule has 1 N–H and O–H groups in total. The van der Waals surface area contributed by atoms with Crippen LogP contribution in [0.15, 0.2) is 72.4 Å². The molecule has 0 radical (unpaired) electrons. The molecule has 0 spiro atoms. The summed E-state index contributed by atoms with van der Waals surface area (Å²) in [5, 5.41) is 2.36. The van der Waals surface area contributed by atoms with E-state index < -0.39 is 23.6 Å². The monoisotopic (exact) mass is 471 g/mol. The van der Waals surface area contributed by atoms with Gasteiger partial charge >= 0.3 is 6.18 Å². The van der Waals surface area contributed by atoms with E-state index in [0.717, 1.165) is 17.0 Å². The van der Waals surface area contributed by atoms with Crippen LogP contribution in [0.1, 0.15) is 11.3 Å². The number of benzene rings is 2. The third-order valence-corrected chi connectivity index (χ3v) is 5.24. The number of carbonyl (C=O) groups is 2. The largest absolute Gasteiger partial charge is 0.495 e. The van der Waals surface area contributed by atoms with E-state index in [1.54, 1.807) is 36.4 Å². The SMILES string of the molecule is COc1ccccc1N1C(=O)/C(=C/c2cccn2-c2cccc(C(F)(F)F)c2)C(=O)NC1=S. The first-order valence-corrected chi connectivity index (χ1v) is 10.0. The summed E-state index contributed by atoms with van der Waals surface area (Å²) >= 11 is 5.20. The molecule has 0 aliphatic carbocycles. The molecule has 1 aromatic heterocycles. The Hall–Kier alpha value is -3.92. The van der Waals surface area contributed by atoms with E-state index >= 15 is 0 Å². The number of aromatic nitrogens is 1. The van der Waals surface area contributed by atoms with Crippen LogP contribution in [0, 0.1) is 0 Å². The molecule has 4 rings (SSSR count).